The normalized spacial score (nSPS) is 12.9. The quantitative estimate of drug-likeness (QED) is 0.944. The Morgan fingerprint density at radius 1 is 1.62 bits per heavy atom. The van der Waals surface area contributed by atoms with Gasteiger partial charge in [0, 0.05) is 21.3 Å². The summed E-state index contributed by atoms with van der Waals surface area (Å²) in [6, 6.07) is 1.92. The molecule has 86 valence electrons. The maximum Gasteiger partial charge on any atom is 0.131 e. The molecule has 2 heterocycles. The standard InChI is InChI=1S/C10H12BrN3OS/c1-2-3-14-8(5-12-13-14)10(15)9-4-7(11)6-16-9/h4-6,10,15H,2-3H2,1H3. The lowest BCUT2D eigenvalue weighted by atomic mass is 10.2. The minimum atomic E-state index is -0.641. The third-order valence-electron chi connectivity index (χ3n) is 2.22. The second-order valence-corrected chi connectivity index (χ2v) is 5.31. The van der Waals surface area contributed by atoms with Crippen molar-refractivity contribution in [3.63, 3.8) is 0 Å². The molecule has 0 saturated carbocycles. The van der Waals surface area contributed by atoms with Crippen LogP contribution in [0.4, 0.5) is 0 Å². The number of rotatable bonds is 4. The summed E-state index contributed by atoms with van der Waals surface area (Å²) in [7, 11) is 0. The Morgan fingerprint density at radius 2 is 2.44 bits per heavy atom. The fraction of sp³-hybridized carbons (Fsp3) is 0.400. The van der Waals surface area contributed by atoms with Crippen LogP contribution >= 0.6 is 27.3 Å². The van der Waals surface area contributed by atoms with Gasteiger partial charge in [-0.2, -0.15) is 0 Å². The van der Waals surface area contributed by atoms with E-state index >= 15 is 0 Å². The molecule has 0 bridgehead atoms. The van der Waals surface area contributed by atoms with Crippen molar-refractivity contribution in [1.82, 2.24) is 15.0 Å². The Bertz CT molecular complexity index is 468. The summed E-state index contributed by atoms with van der Waals surface area (Å²) in [6.45, 7) is 2.85. The van der Waals surface area contributed by atoms with Gasteiger partial charge >= 0.3 is 0 Å². The third kappa shape index (κ3) is 2.34. The molecule has 0 spiro atoms. The van der Waals surface area contributed by atoms with E-state index in [1.54, 1.807) is 10.9 Å². The average molecular weight is 302 g/mol. The van der Waals surface area contributed by atoms with Crippen molar-refractivity contribution in [1.29, 1.82) is 0 Å². The van der Waals surface area contributed by atoms with Crippen molar-refractivity contribution in [3.8, 4) is 0 Å². The van der Waals surface area contributed by atoms with Crippen LogP contribution in [0, 0.1) is 0 Å². The zero-order valence-corrected chi connectivity index (χ0v) is 11.2. The molecular formula is C10H12BrN3OS. The smallest absolute Gasteiger partial charge is 0.131 e. The predicted molar refractivity (Wildman–Crippen MR) is 66.4 cm³/mol. The van der Waals surface area contributed by atoms with Gasteiger partial charge in [0.15, 0.2) is 0 Å². The molecule has 0 amide bonds. The molecule has 2 aromatic rings. The molecule has 1 atom stereocenters. The first-order valence-electron chi connectivity index (χ1n) is 5.02. The summed E-state index contributed by atoms with van der Waals surface area (Å²) < 4.78 is 2.74. The summed E-state index contributed by atoms with van der Waals surface area (Å²) in [5.41, 5.74) is 0.746. The maximum atomic E-state index is 10.2. The van der Waals surface area contributed by atoms with Crippen molar-refractivity contribution >= 4 is 27.3 Å². The van der Waals surface area contributed by atoms with E-state index in [0.717, 1.165) is 28.0 Å². The van der Waals surface area contributed by atoms with Crippen LogP contribution in [0.5, 0.6) is 0 Å². The van der Waals surface area contributed by atoms with E-state index in [0.29, 0.717) is 0 Å². The second kappa shape index (κ2) is 5.07. The fourth-order valence-electron chi connectivity index (χ4n) is 1.48. The molecule has 0 aromatic carbocycles. The third-order valence-corrected chi connectivity index (χ3v) is 3.97. The first kappa shape index (κ1) is 11.8. The molecule has 0 aliphatic heterocycles. The Balaban J connectivity index is 2.26. The van der Waals surface area contributed by atoms with Crippen LogP contribution in [0.15, 0.2) is 22.1 Å². The lowest BCUT2D eigenvalue weighted by Gasteiger charge is -2.09. The molecule has 0 aliphatic rings. The van der Waals surface area contributed by atoms with Crippen molar-refractivity contribution in [2.75, 3.05) is 0 Å². The molecule has 6 heteroatoms. The van der Waals surface area contributed by atoms with Crippen molar-refractivity contribution in [2.24, 2.45) is 0 Å². The lowest BCUT2D eigenvalue weighted by molar-refractivity contribution is 0.211. The van der Waals surface area contributed by atoms with Gasteiger partial charge in [-0.25, -0.2) is 4.68 Å². The van der Waals surface area contributed by atoms with E-state index in [2.05, 4.69) is 33.2 Å². The number of aliphatic hydroxyl groups excluding tert-OH is 1. The van der Waals surface area contributed by atoms with E-state index in [-0.39, 0.29) is 0 Å². The Hall–Kier alpha value is -0.720. The van der Waals surface area contributed by atoms with Crippen LogP contribution in [0.25, 0.3) is 0 Å². The number of aliphatic hydroxyl groups is 1. The zero-order chi connectivity index (χ0) is 11.5. The number of halogens is 1. The molecule has 16 heavy (non-hydrogen) atoms. The second-order valence-electron chi connectivity index (χ2n) is 3.45. The van der Waals surface area contributed by atoms with Gasteiger partial charge in [0.1, 0.15) is 6.10 Å². The van der Waals surface area contributed by atoms with E-state index in [4.69, 9.17) is 0 Å². The maximum absolute atomic E-state index is 10.2. The summed E-state index contributed by atoms with van der Waals surface area (Å²) in [4.78, 5) is 0.895. The summed E-state index contributed by atoms with van der Waals surface area (Å²) in [6.07, 6.45) is 1.95. The van der Waals surface area contributed by atoms with Crippen LogP contribution < -0.4 is 0 Å². The van der Waals surface area contributed by atoms with Crippen LogP contribution in [0.2, 0.25) is 0 Å². The highest BCUT2D eigenvalue weighted by Gasteiger charge is 2.17. The van der Waals surface area contributed by atoms with Crippen LogP contribution in [0.1, 0.15) is 30.0 Å². The van der Waals surface area contributed by atoms with E-state index in [9.17, 15) is 5.11 Å². The van der Waals surface area contributed by atoms with Gasteiger partial charge in [0.05, 0.1) is 11.9 Å². The Labute approximate surface area is 106 Å². The SMILES string of the molecule is CCCn1nncc1C(O)c1cc(Br)cs1. The van der Waals surface area contributed by atoms with Crippen LogP contribution in [0.3, 0.4) is 0 Å². The number of aromatic nitrogens is 3. The Morgan fingerprint density at radius 3 is 3.06 bits per heavy atom. The molecular weight excluding hydrogens is 290 g/mol. The van der Waals surface area contributed by atoms with E-state index < -0.39 is 6.10 Å². The topological polar surface area (TPSA) is 50.9 Å². The van der Waals surface area contributed by atoms with Gasteiger partial charge < -0.3 is 5.11 Å². The molecule has 4 nitrogen and oxygen atoms in total. The van der Waals surface area contributed by atoms with Gasteiger partial charge in [-0.05, 0) is 28.4 Å². The number of hydrogen-bond donors (Lipinski definition) is 1. The molecule has 2 rings (SSSR count). The minimum Gasteiger partial charge on any atom is -0.381 e. The highest BCUT2D eigenvalue weighted by atomic mass is 79.9. The van der Waals surface area contributed by atoms with Crippen molar-refractivity contribution < 1.29 is 5.11 Å². The molecule has 1 N–H and O–H groups in total. The fourth-order valence-corrected chi connectivity index (χ4v) is 2.92. The van der Waals surface area contributed by atoms with Crippen molar-refractivity contribution in [3.05, 3.63) is 32.7 Å². The molecule has 2 aromatic heterocycles. The number of thiophene rings is 1. The van der Waals surface area contributed by atoms with Gasteiger partial charge in [0.2, 0.25) is 0 Å². The van der Waals surface area contributed by atoms with Gasteiger partial charge in [0.25, 0.3) is 0 Å². The summed E-state index contributed by atoms with van der Waals surface area (Å²) in [5.74, 6) is 0. The first-order valence-corrected chi connectivity index (χ1v) is 6.70. The highest BCUT2D eigenvalue weighted by molar-refractivity contribution is 9.10. The number of aryl methyl sites for hydroxylation is 1. The zero-order valence-electron chi connectivity index (χ0n) is 8.80. The largest absolute Gasteiger partial charge is 0.381 e. The molecule has 0 saturated heterocycles. The van der Waals surface area contributed by atoms with Crippen molar-refractivity contribution in [2.45, 2.75) is 26.0 Å². The Kier molecular flexibility index (Phi) is 3.73. The van der Waals surface area contributed by atoms with Gasteiger partial charge in [-0.1, -0.05) is 12.1 Å². The van der Waals surface area contributed by atoms with Gasteiger partial charge in [-0.15, -0.1) is 16.4 Å². The van der Waals surface area contributed by atoms with Crippen LogP contribution in [-0.4, -0.2) is 20.1 Å². The first-order chi connectivity index (χ1) is 7.72. The van der Waals surface area contributed by atoms with E-state index in [1.165, 1.54) is 11.3 Å². The predicted octanol–water partition coefficient (Wildman–Crippen LogP) is 2.59. The lowest BCUT2D eigenvalue weighted by Crippen LogP contribution is -2.09. The molecule has 0 fully saturated rings. The molecule has 0 radical (unpaired) electrons. The average Bonchev–Trinajstić information content (AvgIpc) is 2.87. The van der Waals surface area contributed by atoms with Gasteiger partial charge in [-0.3, -0.25) is 0 Å². The number of hydrogen-bond acceptors (Lipinski definition) is 4. The van der Waals surface area contributed by atoms with E-state index in [1.807, 2.05) is 11.4 Å². The summed E-state index contributed by atoms with van der Waals surface area (Å²) in [5, 5.41) is 19.9. The molecule has 1 unspecified atom stereocenters. The number of nitrogens with zero attached hydrogens (tertiary/aromatic N) is 3. The van der Waals surface area contributed by atoms with Crippen LogP contribution in [-0.2, 0) is 6.54 Å². The minimum absolute atomic E-state index is 0.641. The summed E-state index contributed by atoms with van der Waals surface area (Å²) >= 11 is 4.89. The monoisotopic (exact) mass is 301 g/mol. The highest BCUT2D eigenvalue weighted by Crippen LogP contribution is 2.29. The molecule has 0 aliphatic carbocycles.